The van der Waals surface area contributed by atoms with Gasteiger partial charge in [-0.25, -0.2) is 13.2 Å². The van der Waals surface area contributed by atoms with Crippen LogP contribution in [0.1, 0.15) is 15.9 Å². The first-order valence-electron chi connectivity index (χ1n) is 11.1. The number of rotatable bonds is 6. The lowest BCUT2D eigenvalue weighted by Crippen LogP contribution is -2.59. The van der Waals surface area contributed by atoms with E-state index < -0.39 is 22.0 Å². The summed E-state index contributed by atoms with van der Waals surface area (Å²) in [5.74, 6) is -1.08. The van der Waals surface area contributed by atoms with Crippen molar-refractivity contribution in [3.05, 3.63) is 64.7 Å². The average molecular weight is 532 g/mol. The Balaban J connectivity index is 1.56. The van der Waals surface area contributed by atoms with Crippen LogP contribution < -0.4 is 0 Å². The van der Waals surface area contributed by atoms with Crippen molar-refractivity contribution >= 4 is 50.6 Å². The molecule has 1 fully saturated rings. The van der Waals surface area contributed by atoms with E-state index in [4.69, 9.17) is 16.3 Å². The molecule has 12 heteroatoms. The Morgan fingerprint density at radius 2 is 1.86 bits per heavy atom. The van der Waals surface area contributed by atoms with Crippen molar-refractivity contribution in [2.45, 2.75) is 11.1 Å². The number of nitrogens with one attached hydrogen (secondary N) is 1. The summed E-state index contributed by atoms with van der Waals surface area (Å²) < 4.78 is 32.9. The van der Waals surface area contributed by atoms with Gasteiger partial charge in [-0.05, 0) is 42.0 Å². The van der Waals surface area contributed by atoms with Gasteiger partial charge in [0.15, 0.2) is 0 Å². The van der Waals surface area contributed by atoms with Crippen LogP contribution in [0.2, 0.25) is 5.02 Å². The molecule has 10 nitrogen and oxygen atoms in total. The van der Waals surface area contributed by atoms with E-state index >= 15 is 0 Å². The maximum absolute atomic E-state index is 13.4. The quantitative estimate of drug-likeness (QED) is 0.297. The highest BCUT2D eigenvalue weighted by molar-refractivity contribution is 7.89. The predicted octanol–water partition coefficient (Wildman–Crippen LogP) is 2.41. The van der Waals surface area contributed by atoms with Crippen LogP contribution in [0.15, 0.2) is 58.7 Å². The molecule has 4 rings (SSSR count). The van der Waals surface area contributed by atoms with Gasteiger partial charge in [-0.1, -0.05) is 23.7 Å². The highest BCUT2D eigenvalue weighted by Crippen LogP contribution is 2.26. The Kier molecular flexibility index (Phi) is 7.34. The van der Waals surface area contributed by atoms with Gasteiger partial charge in [0.25, 0.3) is 15.9 Å². The highest BCUT2D eigenvalue weighted by atomic mass is 35.5. The predicted molar refractivity (Wildman–Crippen MR) is 137 cm³/mol. The molecule has 1 amide bonds. The number of halogens is 1. The highest BCUT2D eigenvalue weighted by Gasteiger charge is 2.41. The van der Waals surface area contributed by atoms with E-state index in [1.165, 1.54) is 22.4 Å². The number of piperazine rings is 1. The van der Waals surface area contributed by atoms with Gasteiger partial charge in [0, 0.05) is 55.2 Å². The lowest BCUT2D eigenvalue weighted by atomic mass is 10.1. The molecule has 0 saturated carbocycles. The molecular formula is C24H26ClN5O5S. The van der Waals surface area contributed by atoms with E-state index in [0.29, 0.717) is 21.5 Å². The summed E-state index contributed by atoms with van der Waals surface area (Å²) in [6.07, 6.45) is 1.66. The first-order valence-corrected chi connectivity index (χ1v) is 12.9. The number of sulfonamides is 1. The fourth-order valence-electron chi connectivity index (χ4n) is 3.97. The standard InChI is InChI=1S/C24H26ClN5O5S/c1-28(2)26-14-16-4-6-17(7-5-16)23(31)30-11-10-29(15-21(30)24(32)35-3)36(33,34)22-13-18-12-19(25)8-9-20(18)27-22/h4-9,12-14,21,27H,10-11,15H2,1-3H3. The number of aromatic amines is 1. The number of hydrogen-bond acceptors (Lipinski definition) is 7. The Morgan fingerprint density at radius 1 is 1.14 bits per heavy atom. The van der Waals surface area contributed by atoms with Gasteiger partial charge in [-0.3, -0.25) is 4.79 Å². The molecular weight excluding hydrogens is 506 g/mol. The number of nitrogens with zero attached hydrogens (tertiary/aromatic N) is 4. The molecule has 1 aliphatic heterocycles. The maximum Gasteiger partial charge on any atom is 0.329 e. The smallest absolute Gasteiger partial charge is 0.329 e. The normalized spacial score (nSPS) is 17.0. The minimum absolute atomic E-state index is 0.0156. The summed E-state index contributed by atoms with van der Waals surface area (Å²) >= 11 is 6.02. The summed E-state index contributed by atoms with van der Waals surface area (Å²) in [6.45, 7) is -0.191. The van der Waals surface area contributed by atoms with E-state index in [2.05, 4.69) is 10.1 Å². The Morgan fingerprint density at radius 3 is 2.53 bits per heavy atom. The molecule has 0 bridgehead atoms. The number of aromatic nitrogens is 1. The monoisotopic (exact) mass is 531 g/mol. The fourth-order valence-corrected chi connectivity index (χ4v) is 5.60. The molecule has 190 valence electrons. The molecule has 1 N–H and O–H groups in total. The molecule has 1 atom stereocenters. The molecule has 2 aromatic carbocycles. The summed E-state index contributed by atoms with van der Waals surface area (Å²) in [4.78, 5) is 30.1. The van der Waals surface area contributed by atoms with E-state index in [9.17, 15) is 18.0 Å². The van der Waals surface area contributed by atoms with Crippen LogP contribution in [-0.4, -0.2) is 92.6 Å². The molecule has 0 radical (unpaired) electrons. The number of fused-ring (bicyclic) bond motifs is 1. The summed E-state index contributed by atoms with van der Waals surface area (Å²) in [6, 6.07) is 12.2. The number of esters is 1. The summed E-state index contributed by atoms with van der Waals surface area (Å²) in [7, 11) is 0.834. The zero-order chi connectivity index (χ0) is 26.0. The van der Waals surface area contributed by atoms with Gasteiger partial charge in [0.1, 0.15) is 11.1 Å². The van der Waals surface area contributed by atoms with Crippen molar-refractivity contribution in [1.82, 2.24) is 19.2 Å². The molecule has 1 aliphatic rings. The van der Waals surface area contributed by atoms with Crippen molar-refractivity contribution in [2.75, 3.05) is 40.8 Å². The number of ether oxygens (including phenoxy) is 1. The minimum Gasteiger partial charge on any atom is -0.467 e. The number of hydrogen-bond donors (Lipinski definition) is 1. The third-order valence-corrected chi connectivity index (χ3v) is 7.87. The zero-order valence-electron chi connectivity index (χ0n) is 20.0. The molecule has 1 unspecified atom stereocenters. The van der Waals surface area contributed by atoms with Gasteiger partial charge < -0.3 is 19.6 Å². The van der Waals surface area contributed by atoms with Gasteiger partial charge >= 0.3 is 5.97 Å². The molecule has 2 heterocycles. The van der Waals surface area contributed by atoms with Crippen LogP contribution in [0.4, 0.5) is 0 Å². The van der Waals surface area contributed by atoms with Gasteiger partial charge in [0.2, 0.25) is 0 Å². The van der Waals surface area contributed by atoms with Crippen molar-refractivity contribution in [2.24, 2.45) is 5.10 Å². The Labute approximate surface area is 214 Å². The lowest BCUT2D eigenvalue weighted by Gasteiger charge is -2.39. The second kappa shape index (κ2) is 10.3. The van der Waals surface area contributed by atoms with Gasteiger partial charge in [-0.2, -0.15) is 9.41 Å². The number of carbonyl (C=O) groups is 2. The topological polar surface area (TPSA) is 115 Å². The van der Waals surface area contributed by atoms with Crippen LogP contribution in [0, 0.1) is 0 Å². The maximum atomic E-state index is 13.4. The number of H-pyrrole nitrogens is 1. The molecule has 1 saturated heterocycles. The number of carbonyl (C=O) groups excluding carboxylic acids is 2. The molecule has 3 aromatic rings. The summed E-state index contributed by atoms with van der Waals surface area (Å²) in [5, 5.41) is 6.93. The van der Waals surface area contributed by atoms with Crippen LogP contribution >= 0.6 is 11.6 Å². The molecule has 36 heavy (non-hydrogen) atoms. The SMILES string of the molecule is COC(=O)C1CN(S(=O)(=O)c2cc3cc(Cl)ccc3[nH]2)CCN1C(=O)c1ccc(C=NN(C)C)cc1. The van der Waals surface area contributed by atoms with E-state index in [1.54, 1.807) is 67.8 Å². The fraction of sp³-hybridized carbons (Fsp3) is 0.292. The number of methoxy groups -OCH3 is 1. The van der Waals surface area contributed by atoms with E-state index in [0.717, 1.165) is 5.56 Å². The van der Waals surface area contributed by atoms with E-state index in [-0.39, 0.29) is 30.6 Å². The van der Waals surface area contributed by atoms with Crippen LogP contribution in [0.5, 0.6) is 0 Å². The largest absolute Gasteiger partial charge is 0.467 e. The minimum atomic E-state index is -3.97. The Bertz CT molecular complexity index is 1420. The van der Waals surface area contributed by atoms with Crippen molar-refractivity contribution in [3.63, 3.8) is 0 Å². The van der Waals surface area contributed by atoms with Crippen molar-refractivity contribution in [3.8, 4) is 0 Å². The van der Waals surface area contributed by atoms with Crippen molar-refractivity contribution < 1.29 is 22.7 Å². The number of hydrazone groups is 1. The lowest BCUT2D eigenvalue weighted by molar-refractivity contribution is -0.147. The first kappa shape index (κ1) is 25.7. The number of amides is 1. The zero-order valence-corrected chi connectivity index (χ0v) is 21.6. The molecule has 0 aliphatic carbocycles. The first-order chi connectivity index (χ1) is 17.1. The van der Waals surface area contributed by atoms with Gasteiger partial charge in [0.05, 0.1) is 13.3 Å². The van der Waals surface area contributed by atoms with Gasteiger partial charge in [-0.15, -0.1) is 0 Å². The van der Waals surface area contributed by atoms with Crippen molar-refractivity contribution in [1.29, 1.82) is 0 Å². The Hall–Kier alpha value is -3.41. The average Bonchev–Trinajstić information content (AvgIpc) is 3.30. The van der Waals surface area contributed by atoms with Crippen LogP contribution in [0.3, 0.4) is 0 Å². The third-order valence-electron chi connectivity index (χ3n) is 5.85. The second-order valence-electron chi connectivity index (χ2n) is 8.48. The number of benzene rings is 2. The molecule has 1 aromatic heterocycles. The second-order valence-corrected chi connectivity index (χ2v) is 10.8. The van der Waals surface area contributed by atoms with E-state index in [1.807, 2.05) is 0 Å². The summed E-state index contributed by atoms with van der Waals surface area (Å²) in [5.41, 5.74) is 1.80. The van der Waals surface area contributed by atoms with Crippen LogP contribution in [0.25, 0.3) is 10.9 Å². The molecule has 0 spiro atoms. The third kappa shape index (κ3) is 5.23. The van der Waals surface area contributed by atoms with Crippen LogP contribution in [-0.2, 0) is 19.6 Å².